The van der Waals surface area contributed by atoms with E-state index in [2.05, 4.69) is 0 Å². The second kappa shape index (κ2) is 25.3. The first-order valence-corrected chi connectivity index (χ1v) is 2.99. The second-order valence-corrected chi connectivity index (χ2v) is 1.29. The van der Waals surface area contributed by atoms with Gasteiger partial charge in [0, 0.05) is 0 Å². The fraction of sp³-hybridized carbons (Fsp3) is 0. The van der Waals surface area contributed by atoms with Crippen LogP contribution in [0.2, 0.25) is 0 Å². The molecule has 0 aliphatic rings. The van der Waals surface area contributed by atoms with Crippen LogP contribution in [-0.4, -0.2) is 64.5 Å². The Morgan fingerprint density at radius 2 is 0.529 bits per heavy atom. The van der Waals surface area contributed by atoms with Gasteiger partial charge < -0.3 is 60.3 Å². The molecule has 96 valence electrons. The summed E-state index contributed by atoms with van der Waals surface area (Å²) in [7, 11) is -9.92. The van der Waals surface area contributed by atoms with Gasteiger partial charge in [0.25, 0.3) is 0 Å². The molecule has 17 heavy (non-hydrogen) atoms. The Bertz CT molecular complexity index is 61.5. The topological polar surface area (TPSA) is 257 Å². The van der Waals surface area contributed by atoms with Crippen LogP contribution in [-0.2, 0) is 18.6 Å². The first-order chi connectivity index (χ1) is 6.93. The molecule has 0 aliphatic carbocycles. The number of hydrogen-bond acceptors (Lipinski definition) is 12. The molecule has 0 aromatic heterocycles. The largest absolute Gasteiger partial charge is 5.00 e. The molecule has 0 amide bonds. The third-order valence-corrected chi connectivity index (χ3v) is 0. The molecule has 0 bridgehead atoms. The van der Waals surface area contributed by atoms with Gasteiger partial charge in [0.1, 0.15) is 0 Å². The average Bonchev–Trinajstić information content (AvgIpc) is 1.76. The van der Waals surface area contributed by atoms with Crippen molar-refractivity contribution in [2.24, 2.45) is 0 Å². The molecule has 0 rings (SSSR count). The van der Waals surface area contributed by atoms with E-state index in [1.54, 1.807) is 0 Å². The molecule has 17 heteroatoms. The molecule has 0 spiro atoms. The molecule has 0 fully saturated rings. The molecule has 12 nitrogen and oxygen atoms in total. The van der Waals surface area contributed by atoms with Gasteiger partial charge >= 0.3 is 33.2 Å². The summed E-state index contributed by atoms with van der Waals surface area (Å²) < 4.78 is 0. The van der Waals surface area contributed by atoms with Crippen LogP contribution in [0.15, 0.2) is 0 Å². The summed E-state index contributed by atoms with van der Waals surface area (Å²) in [6, 6.07) is 0. The Morgan fingerprint density at radius 3 is 0.529 bits per heavy atom. The van der Waals surface area contributed by atoms with Crippen molar-refractivity contribution in [3.8, 4) is 0 Å². The van der Waals surface area contributed by atoms with Crippen LogP contribution in [0.3, 0.4) is 0 Å². The van der Waals surface area contributed by atoms with Crippen molar-refractivity contribution in [2.75, 3.05) is 0 Å². The van der Waals surface area contributed by atoms with E-state index in [1.165, 1.54) is 0 Å². The zero-order chi connectivity index (χ0) is 14.3. The number of rotatable bonds is 0. The van der Waals surface area contributed by atoms with Gasteiger partial charge in [0.15, 0.2) is 0 Å². The minimum atomic E-state index is -2.92. The maximum absolute atomic E-state index is 8.53. The normalized spacial score (nSPS) is 6.35. The fourth-order valence-corrected chi connectivity index (χ4v) is 0. The van der Waals surface area contributed by atoms with Gasteiger partial charge in [-0.15, -0.1) is 0 Å². The van der Waals surface area contributed by atoms with Crippen LogP contribution >= 0.6 is 0 Å². The van der Waals surface area contributed by atoms with Gasteiger partial charge in [0.2, 0.25) is 0 Å². The maximum atomic E-state index is 8.53. The minimum Gasteiger partial charge on any atom is -0.907 e. The van der Waals surface area contributed by atoms with Crippen LogP contribution < -0.4 is 25.1 Å². The molecule has 0 aromatic carbocycles. The van der Waals surface area contributed by atoms with Gasteiger partial charge in [0.05, 0.1) is 7.32 Å². The minimum absolute atomic E-state index is 0. The molecule has 0 saturated heterocycles. The van der Waals surface area contributed by atoms with Crippen molar-refractivity contribution in [1.82, 2.24) is 0 Å². The monoisotopic (exact) mass is 294 g/mol. The first-order valence-electron chi connectivity index (χ1n) is 2.99. The molecule has 0 unspecified atom stereocenters. The second-order valence-electron chi connectivity index (χ2n) is 1.29. The van der Waals surface area contributed by atoms with Crippen molar-refractivity contribution in [2.45, 2.75) is 0 Å². The maximum Gasteiger partial charge on any atom is 5.00 e. The van der Waals surface area contributed by atoms with Gasteiger partial charge in [-0.2, -0.15) is 0 Å². The Kier molecular flexibility index (Phi) is 45.2. The molecule has 0 saturated carbocycles. The summed E-state index contributed by atoms with van der Waals surface area (Å²) in [4.78, 5) is 0. The molecule has 0 atom stereocenters. The van der Waals surface area contributed by atoms with Gasteiger partial charge in [-0.25, -0.2) is 0 Å². The summed E-state index contributed by atoms with van der Waals surface area (Å²) in [5.74, 6) is 0. The fourth-order valence-electron chi connectivity index (χ4n) is 0. The van der Waals surface area contributed by atoms with Crippen molar-refractivity contribution >= 4 is 29.3 Å². The zero-order valence-electron chi connectivity index (χ0n) is 7.93. The van der Waals surface area contributed by atoms with Crippen molar-refractivity contribution in [1.29, 1.82) is 0 Å². The molecule has 0 aromatic rings. The SMILES string of the molecule is OB(O)O.OB(O)O.[O-]B([O-])O.[O-]B([O-])[O-].[V+5]. The van der Waals surface area contributed by atoms with E-state index in [9.17, 15) is 0 Å². The summed E-state index contributed by atoms with van der Waals surface area (Å²) in [6.07, 6.45) is 0. The quantitative estimate of drug-likeness (QED) is 0.205. The van der Waals surface area contributed by atoms with Crippen molar-refractivity contribution < 1.29 is 78.8 Å². The average molecular weight is 293 g/mol. The van der Waals surface area contributed by atoms with Crippen molar-refractivity contribution in [3.63, 3.8) is 0 Å². The molecule has 7 N–H and O–H groups in total. The molecular formula is H7B4O12V. The first kappa shape index (κ1) is 30.4. The van der Waals surface area contributed by atoms with E-state index < -0.39 is 29.3 Å². The molecule has 0 heterocycles. The summed E-state index contributed by atoms with van der Waals surface area (Å²) in [5.41, 5.74) is 0. The predicted octanol–water partition coefficient (Wildman–Crippen LogP) is -11.4. The van der Waals surface area contributed by atoms with E-state index >= 15 is 0 Å². The van der Waals surface area contributed by atoms with E-state index in [-0.39, 0.29) is 18.6 Å². The summed E-state index contributed by atoms with van der Waals surface area (Å²) in [5, 5.41) is 92.3. The third-order valence-electron chi connectivity index (χ3n) is 0. The van der Waals surface area contributed by atoms with E-state index in [0.717, 1.165) is 0 Å². The van der Waals surface area contributed by atoms with Crippen LogP contribution in [0, 0.1) is 0 Å². The number of hydrogen-bond donors (Lipinski definition) is 7. The van der Waals surface area contributed by atoms with Crippen molar-refractivity contribution in [3.05, 3.63) is 0 Å². The molecule has 0 radical (unpaired) electrons. The zero-order valence-corrected chi connectivity index (χ0v) is 9.33. The third kappa shape index (κ3) is 25500. The van der Waals surface area contributed by atoms with E-state index in [0.29, 0.717) is 0 Å². The standard InChI is InChI=1S/2BH3O3.BHO3.BO3.V/c4*2-1(3)4;/h2*2-4H;2H;;/q;;-2;-3;+5. The smallest absolute Gasteiger partial charge is 0.907 e. The van der Waals surface area contributed by atoms with Gasteiger partial charge in [-0.05, 0) is 0 Å². The summed E-state index contributed by atoms with van der Waals surface area (Å²) >= 11 is 0. The Balaban J connectivity index is -0.0000000369. The summed E-state index contributed by atoms with van der Waals surface area (Å²) in [6.45, 7) is 0. The molecular weight excluding hydrogens is 286 g/mol. The van der Waals surface area contributed by atoms with Crippen LogP contribution in [0.4, 0.5) is 0 Å². The van der Waals surface area contributed by atoms with Crippen LogP contribution in [0.5, 0.6) is 0 Å². The molecule has 0 aliphatic heterocycles. The van der Waals surface area contributed by atoms with Gasteiger partial charge in [-0.3, -0.25) is 7.32 Å². The Hall–Kier alpha value is 0.364. The predicted molar refractivity (Wildman–Crippen MR) is 38.5 cm³/mol. The van der Waals surface area contributed by atoms with Gasteiger partial charge in [-0.1, -0.05) is 0 Å². The van der Waals surface area contributed by atoms with E-state index in [1.807, 2.05) is 0 Å². The van der Waals surface area contributed by atoms with E-state index in [4.69, 9.17) is 60.3 Å². The Morgan fingerprint density at radius 1 is 0.529 bits per heavy atom. The van der Waals surface area contributed by atoms with Crippen LogP contribution in [0.1, 0.15) is 0 Å². The Labute approximate surface area is 109 Å². The van der Waals surface area contributed by atoms with Crippen LogP contribution in [0.25, 0.3) is 0 Å².